The summed E-state index contributed by atoms with van der Waals surface area (Å²) in [6.07, 6.45) is 0.143. The van der Waals surface area contributed by atoms with E-state index in [4.69, 9.17) is 4.74 Å². The van der Waals surface area contributed by atoms with E-state index in [-0.39, 0.29) is 24.3 Å². The Balaban J connectivity index is 2.09. The second kappa shape index (κ2) is 8.72. The van der Waals surface area contributed by atoms with Crippen molar-refractivity contribution in [2.45, 2.75) is 26.3 Å². The van der Waals surface area contributed by atoms with E-state index in [2.05, 4.69) is 10.6 Å². The van der Waals surface area contributed by atoms with Crippen molar-refractivity contribution in [3.05, 3.63) is 60.2 Å². The average Bonchev–Trinajstić information content (AvgIpc) is 2.57. The summed E-state index contributed by atoms with van der Waals surface area (Å²) in [5.74, 6) is 0.264. The van der Waals surface area contributed by atoms with Gasteiger partial charge in [-0.05, 0) is 24.6 Å². The third-order valence-corrected chi connectivity index (χ3v) is 3.43. The van der Waals surface area contributed by atoms with Crippen molar-refractivity contribution >= 4 is 17.5 Å². The predicted octanol–water partition coefficient (Wildman–Crippen LogP) is 3.29. The van der Waals surface area contributed by atoms with Gasteiger partial charge in [-0.1, -0.05) is 42.5 Å². The van der Waals surface area contributed by atoms with Crippen LogP contribution in [0.25, 0.3) is 0 Å². The van der Waals surface area contributed by atoms with E-state index in [9.17, 15) is 9.59 Å². The highest BCUT2D eigenvalue weighted by atomic mass is 16.5. The van der Waals surface area contributed by atoms with Gasteiger partial charge in [0.05, 0.1) is 24.8 Å². The normalized spacial score (nSPS) is 11.4. The molecular weight excluding hydrogens is 304 g/mol. The van der Waals surface area contributed by atoms with Crippen LogP contribution >= 0.6 is 0 Å². The topological polar surface area (TPSA) is 67.4 Å². The van der Waals surface area contributed by atoms with Crippen LogP contribution < -0.4 is 15.4 Å². The van der Waals surface area contributed by atoms with Gasteiger partial charge in [-0.3, -0.25) is 9.59 Å². The molecule has 2 aromatic rings. The van der Waals surface area contributed by atoms with Crippen LogP contribution in [0.4, 0.5) is 5.69 Å². The third-order valence-electron chi connectivity index (χ3n) is 3.43. The molecule has 0 radical (unpaired) electrons. The highest BCUT2D eigenvalue weighted by molar-refractivity contribution is 5.93. The van der Waals surface area contributed by atoms with Crippen LogP contribution in [0.15, 0.2) is 54.6 Å². The van der Waals surface area contributed by atoms with E-state index >= 15 is 0 Å². The van der Waals surface area contributed by atoms with Gasteiger partial charge in [0.25, 0.3) is 0 Å². The van der Waals surface area contributed by atoms with Crippen LogP contribution in [0.2, 0.25) is 0 Å². The summed E-state index contributed by atoms with van der Waals surface area (Å²) in [5.41, 5.74) is 1.51. The molecule has 2 N–H and O–H groups in total. The summed E-state index contributed by atoms with van der Waals surface area (Å²) in [6.45, 7) is 3.85. The molecule has 5 nitrogen and oxygen atoms in total. The van der Waals surface area contributed by atoms with E-state index in [0.717, 1.165) is 5.56 Å². The zero-order valence-electron chi connectivity index (χ0n) is 13.9. The van der Waals surface area contributed by atoms with E-state index < -0.39 is 0 Å². The Labute approximate surface area is 142 Å². The number of hydrogen-bond acceptors (Lipinski definition) is 3. The molecule has 0 bridgehead atoms. The molecule has 5 heteroatoms. The maximum absolute atomic E-state index is 12.4. The van der Waals surface area contributed by atoms with Crippen molar-refractivity contribution in [1.29, 1.82) is 0 Å². The largest absolute Gasteiger partial charge is 0.492 e. The number of hydrogen-bond donors (Lipinski definition) is 2. The molecule has 0 aliphatic rings. The van der Waals surface area contributed by atoms with Crippen molar-refractivity contribution in [3.8, 4) is 5.75 Å². The van der Waals surface area contributed by atoms with Crippen molar-refractivity contribution < 1.29 is 14.3 Å². The van der Waals surface area contributed by atoms with Crippen molar-refractivity contribution in [2.75, 3.05) is 11.9 Å². The molecule has 1 atom stereocenters. The molecule has 126 valence electrons. The third kappa shape index (κ3) is 5.12. The number of nitrogens with one attached hydrogen (secondary N) is 2. The van der Waals surface area contributed by atoms with Crippen LogP contribution in [-0.2, 0) is 9.59 Å². The molecule has 0 aromatic heterocycles. The van der Waals surface area contributed by atoms with Gasteiger partial charge in [0.1, 0.15) is 5.75 Å². The van der Waals surface area contributed by atoms with Gasteiger partial charge in [0.15, 0.2) is 0 Å². The van der Waals surface area contributed by atoms with Crippen molar-refractivity contribution in [3.63, 3.8) is 0 Å². The van der Waals surface area contributed by atoms with Crippen molar-refractivity contribution in [1.82, 2.24) is 5.32 Å². The van der Waals surface area contributed by atoms with Crippen LogP contribution in [0.1, 0.15) is 31.9 Å². The van der Waals surface area contributed by atoms with Gasteiger partial charge in [-0.15, -0.1) is 0 Å². The first-order valence-corrected chi connectivity index (χ1v) is 7.94. The Morgan fingerprint density at radius 3 is 2.38 bits per heavy atom. The SMILES string of the molecule is CCOc1ccccc1NC(=O)C[C@@H](NC(C)=O)c1ccccc1. The number of ether oxygens (including phenoxy) is 1. The summed E-state index contributed by atoms with van der Waals surface area (Å²) < 4.78 is 5.51. The highest BCUT2D eigenvalue weighted by Crippen LogP contribution is 2.25. The molecule has 0 unspecified atom stereocenters. The maximum atomic E-state index is 12.4. The molecule has 0 saturated carbocycles. The first-order chi connectivity index (χ1) is 11.6. The maximum Gasteiger partial charge on any atom is 0.226 e. The minimum Gasteiger partial charge on any atom is -0.492 e. The predicted molar refractivity (Wildman–Crippen MR) is 93.9 cm³/mol. The molecule has 2 rings (SSSR count). The first-order valence-electron chi connectivity index (χ1n) is 7.94. The summed E-state index contributed by atoms with van der Waals surface area (Å²) in [4.78, 5) is 23.9. The highest BCUT2D eigenvalue weighted by Gasteiger charge is 2.17. The number of rotatable bonds is 7. The number of amides is 2. The van der Waals surface area contributed by atoms with Crippen LogP contribution in [0.3, 0.4) is 0 Å². The van der Waals surface area contributed by atoms with Crippen LogP contribution in [0.5, 0.6) is 5.75 Å². The zero-order chi connectivity index (χ0) is 17.4. The standard InChI is InChI=1S/C19H22N2O3/c1-3-24-18-12-8-7-11-16(18)21-19(23)13-17(20-14(2)22)15-9-5-4-6-10-15/h4-12,17H,3,13H2,1-2H3,(H,20,22)(H,21,23)/t17-/m1/s1. The van der Waals surface area contributed by atoms with Gasteiger partial charge < -0.3 is 15.4 Å². The molecule has 24 heavy (non-hydrogen) atoms. The van der Waals surface area contributed by atoms with Gasteiger partial charge in [0, 0.05) is 6.92 Å². The van der Waals surface area contributed by atoms with Gasteiger partial charge in [0.2, 0.25) is 11.8 Å². The Hall–Kier alpha value is -2.82. The minimum atomic E-state index is -0.372. The molecule has 2 amide bonds. The fraction of sp³-hybridized carbons (Fsp3) is 0.263. The molecular formula is C19H22N2O3. The lowest BCUT2D eigenvalue weighted by Crippen LogP contribution is -2.29. The average molecular weight is 326 g/mol. The van der Waals surface area contributed by atoms with E-state index in [1.54, 1.807) is 6.07 Å². The van der Waals surface area contributed by atoms with Crippen LogP contribution in [0, 0.1) is 0 Å². The Morgan fingerprint density at radius 2 is 1.71 bits per heavy atom. The summed E-state index contributed by atoms with van der Waals surface area (Å²) in [7, 11) is 0. The minimum absolute atomic E-state index is 0.143. The summed E-state index contributed by atoms with van der Waals surface area (Å²) in [6, 6.07) is 16.4. The number of carbonyl (C=O) groups excluding carboxylic acids is 2. The molecule has 0 saturated heterocycles. The molecule has 2 aromatic carbocycles. The molecule has 0 spiro atoms. The summed E-state index contributed by atoms with van der Waals surface area (Å²) >= 11 is 0. The van der Waals surface area contributed by atoms with Crippen LogP contribution in [-0.4, -0.2) is 18.4 Å². The molecule has 0 heterocycles. The van der Waals surface area contributed by atoms with Gasteiger partial charge in [-0.25, -0.2) is 0 Å². The molecule has 0 aliphatic heterocycles. The second-order valence-electron chi connectivity index (χ2n) is 5.35. The fourth-order valence-corrected chi connectivity index (χ4v) is 2.42. The number of benzene rings is 2. The van der Waals surface area contributed by atoms with E-state index in [1.165, 1.54) is 6.92 Å². The number of para-hydroxylation sites is 2. The van der Waals surface area contributed by atoms with E-state index in [1.807, 2.05) is 55.5 Å². The monoisotopic (exact) mass is 326 g/mol. The first kappa shape index (κ1) is 17.5. The lowest BCUT2D eigenvalue weighted by atomic mass is 10.0. The van der Waals surface area contributed by atoms with Gasteiger partial charge >= 0.3 is 0 Å². The van der Waals surface area contributed by atoms with Gasteiger partial charge in [-0.2, -0.15) is 0 Å². The smallest absolute Gasteiger partial charge is 0.226 e. The lowest BCUT2D eigenvalue weighted by Gasteiger charge is -2.18. The Kier molecular flexibility index (Phi) is 6.37. The summed E-state index contributed by atoms with van der Waals surface area (Å²) in [5, 5.41) is 5.68. The molecule has 0 fully saturated rings. The van der Waals surface area contributed by atoms with E-state index in [0.29, 0.717) is 18.0 Å². The Bertz CT molecular complexity index is 686. The van der Waals surface area contributed by atoms with Crippen molar-refractivity contribution in [2.24, 2.45) is 0 Å². The lowest BCUT2D eigenvalue weighted by molar-refractivity contribution is -0.120. The Morgan fingerprint density at radius 1 is 1.04 bits per heavy atom. The number of carbonyl (C=O) groups is 2. The number of anilines is 1. The second-order valence-corrected chi connectivity index (χ2v) is 5.35. The zero-order valence-corrected chi connectivity index (χ0v) is 13.9. The molecule has 0 aliphatic carbocycles. The fourth-order valence-electron chi connectivity index (χ4n) is 2.42. The quantitative estimate of drug-likeness (QED) is 0.820.